The van der Waals surface area contributed by atoms with Gasteiger partial charge in [0, 0.05) is 18.8 Å². The first-order valence-electron chi connectivity index (χ1n) is 11.8. The Labute approximate surface area is 173 Å². The van der Waals surface area contributed by atoms with E-state index >= 15 is 8.78 Å². The van der Waals surface area contributed by atoms with E-state index in [1.54, 1.807) is 0 Å². The Morgan fingerprint density at radius 1 is 1.07 bits per heavy atom. The summed E-state index contributed by atoms with van der Waals surface area (Å²) in [5.74, 6) is -3.33. The maximum atomic E-state index is 15.6. The minimum atomic E-state index is -2.66. The van der Waals surface area contributed by atoms with Crippen molar-refractivity contribution in [2.75, 3.05) is 0 Å². The van der Waals surface area contributed by atoms with E-state index in [2.05, 4.69) is 20.8 Å². The summed E-state index contributed by atoms with van der Waals surface area (Å²) in [7, 11) is 0. The first kappa shape index (κ1) is 21.5. The minimum absolute atomic E-state index is 0.0400. The van der Waals surface area contributed by atoms with Gasteiger partial charge in [0.15, 0.2) is 0 Å². The Hall–Kier alpha value is -0.710. The first-order chi connectivity index (χ1) is 13.5. The van der Waals surface area contributed by atoms with Crippen LogP contribution in [0.4, 0.5) is 8.78 Å². The van der Waals surface area contributed by atoms with Crippen molar-refractivity contribution in [2.45, 2.75) is 97.0 Å². The van der Waals surface area contributed by atoms with Gasteiger partial charge in [0.05, 0.1) is 6.10 Å². The molecule has 4 saturated carbocycles. The second kappa shape index (κ2) is 7.17. The number of hydrogen-bond donors (Lipinski definition) is 2. The monoisotopic (exact) mass is 412 g/mol. The van der Waals surface area contributed by atoms with Gasteiger partial charge in [-0.3, -0.25) is 4.79 Å². The number of carbonyl (C=O) groups is 1. The summed E-state index contributed by atoms with van der Waals surface area (Å²) in [6, 6.07) is 0. The van der Waals surface area contributed by atoms with Gasteiger partial charge in [-0.15, -0.1) is 0 Å². The predicted molar refractivity (Wildman–Crippen MR) is 108 cm³/mol. The average Bonchev–Trinajstić information content (AvgIpc) is 2.98. The number of hydrogen-bond acceptors (Lipinski definition) is 2. The average molecular weight is 413 g/mol. The fourth-order valence-electron chi connectivity index (χ4n) is 8.66. The number of halogens is 2. The molecule has 4 aliphatic rings. The number of aliphatic hydroxyl groups is 1. The zero-order chi connectivity index (χ0) is 21.2. The van der Waals surface area contributed by atoms with E-state index in [1.165, 1.54) is 0 Å². The smallest absolute Gasteiger partial charge is 0.303 e. The van der Waals surface area contributed by atoms with Crippen molar-refractivity contribution in [1.29, 1.82) is 0 Å². The molecular formula is C24H38F2O3. The van der Waals surface area contributed by atoms with Gasteiger partial charge in [-0.05, 0) is 91.8 Å². The quantitative estimate of drug-likeness (QED) is 0.618. The third-order valence-corrected chi connectivity index (χ3v) is 10.2. The molecule has 9 atom stereocenters. The predicted octanol–water partition coefficient (Wildman–Crippen LogP) is 5.75. The second-order valence-electron chi connectivity index (χ2n) is 11.5. The summed E-state index contributed by atoms with van der Waals surface area (Å²) in [6.07, 6.45) is 6.16. The molecule has 4 rings (SSSR count). The molecule has 0 amide bonds. The van der Waals surface area contributed by atoms with Crippen LogP contribution in [-0.4, -0.2) is 28.2 Å². The number of carboxylic acids is 1. The number of aliphatic carboxylic acids is 1. The second-order valence-corrected chi connectivity index (χ2v) is 11.5. The van der Waals surface area contributed by atoms with Crippen LogP contribution in [0, 0.1) is 46.3 Å². The van der Waals surface area contributed by atoms with Crippen molar-refractivity contribution in [3.8, 4) is 0 Å². The zero-order valence-corrected chi connectivity index (χ0v) is 18.2. The normalized spacial score (nSPS) is 49.6. The number of carboxylic acid groups (broad SMARTS) is 1. The van der Waals surface area contributed by atoms with E-state index in [1.807, 2.05) is 0 Å². The van der Waals surface area contributed by atoms with Gasteiger partial charge in [-0.1, -0.05) is 20.8 Å². The number of rotatable bonds is 4. The molecule has 2 N–H and O–H groups in total. The summed E-state index contributed by atoms with van der Waals surface area (Å²) < 4.78 is 31.3. The van der Waals surface area contributed by atoms with Crippen LogP contribution in [0.25, 0.3) is 0 Å². The highest BCUT2D eigenvalue weighted by atomic mass is 19.3. The fourth-order valence-corrected chi connectivity index (χ4v) is 8.66. The van der Waals surface area contributed by atoms with E-state index in [-0.39, 0.29) is 47.3 Å². The van der Waals surface area contributed by atoms with Crippen LogP contribution in [0.3, 0.4) is 0 Å². The zero-order valence-electron chi connectivity index (χ0n) is 18.2. The van der Waals surface area contributed by atoms with Crippen molar-refractivity contribution in [3.05, 3.63) is 0 Å². The Bertz CT molecular complexity index is 652. The molecular weight excluding hydrogens is 374 g/mol. The van der Waals surface area contributed by atoms with Gasteiger partial charge in [-0.2, -0.15) is 0 Å². The molecule has 0 aromatic heterocycles. The highest BCUT2D eigenvalue weighted by molar-refractivity contribution is 5.66. The largest absolute Gasteiger partial charge is 0.481 e. The molecule has 29 heavy (non-hydrogen) atoms. The van der Waals surface area contributed by atoms with Crippen molar-refractivity contribution >= 4 is 5.97 Å². The lowest BCUT2D eigenvalue weighted by Gasteiger charge is -2.63. The SMILES string of the molecule is CC(CCC(=O)O)C1CCC2C3C(CCC12C)C1(C)CCC(O)CC1CC3(F)F. The lowest BCUT2D eigenvalue weighted by molar-refractivity contribution is -0.238. The van der Waals surface area contributed by atoms with E-state index in [0.29, 0.717) is 18.8 Å². The van der Waals surface area contributed by atoms with Gasteiger partial charge in [-0.25, -0.2) is 8.78 Å². The first-order valence-corrected chi connectivity index (χ1v) is 11.8. The molecule has 0 saturated heterocycles. The molecule has 4 fully saturated rings. The minimum Gasteiger partial charge on any atom is -0.481 e. The molecule has 3 nitrogen and oxygen atoms in total. The standard InChI is InChI=1S/C24H38F2O3/c1-14(4-7-20(28)29)17-5-6-18-21-19(9-11-23(17,18)3)22(2)10-8-16(27)12-15(22)13-24(21,25)26/h14-19,21,27H,4-13H2,1-3H3,(H,28,29). The molecule has 0 radical (unpaired) electrons. The maximum Gasteiger partial charge on any atom is 0.303 e. The maximum absolute atomic E-state index is 15.6. The molecule has 0 bridgehead atoms. The van der Waals surface area contributed by atoms with Gasteiger partial charge in [0.1, 0.15) is 0 Å². The van der Waals surface area contributed by atoms with Crippen molar-refractivity contribution in [1.82, 2.24) is 0 Å². The van der Waals surface area contributed by atoms with E-state index in [4.69, 9.17) is 5.11 Å². The lowest BCUT2D eigenvalue weighted by Crippen LogP contribution is -2.61. The van der Waals surface area contributed by atoms with E-state index in [9.17, 15) is 9.90 Å². The number of aliphatic hydroxyl groups excluding tert-OH is 1. The summed E-state index contributed by atoms with van der Waals surface area (Å²) in [4.78, 5) is 11.0. The van der Waals surface area contributed by atoms with Crippen LogP contribution in [-0.2, 0) is 4.79 Å². The Kier molecular flexibility index (Phi) is 5.32. The van der Waals surface area contributed by atoms with E-state index < -0.39 is 23.9 Å². The molecule has 0 aromatic carbocycles. The molecule has 4 aliphatic carbocycles. The third-order valence-electron chi connectivity index (χ3n) is 10.2. The van der Waals surface area contributed by atoms with Crippen molar-refractivity contribution in [3.63, 3.8) is 0 Å². The Morgan fingerprint density at radius 3 is 2.41 bits per heavy atom. The highest BCUT2D eigenvalue weighted by Crippen LogP contribution is 2.71. The van der Waals surface area contributed by atoms with Gasteiger partial charge >= 0.3 is 5.97 Å². The molecule has 0 aliphatic heterocycles. The number of fused-ring (bicyclic) bond motifs is 5. The third kappa shape index (κ3) is 3.34. The van der Waals surface area contributed by atoms with Gasteiger partial charge < -0.3 is 10.2 Å². The van der Waals surface area contributed by atoms with Gasteiger partial charge in [0.2, 0.25) is 0 Å². The number of alkyl halides is 2. The van der Waals surface area contributed by atoms with Crippen LogP contribution < -0.4 is 0 Å². The lowest BCUT2D eigenvalue weighted by atomic mass is 9.43. The summed E-state index contributed by atoms with van der Waals surface area (Å²) >= 11 is 0. The van der Waals surface area contributed by atoms with Crippen molar-refractivity contribution in [2.24, 2.45) is 46.3 Å². The molecule has 0 heterocycles. The molecule has 0 aromatic rings. The molecule has 9 unspecified atom stereocenters. The van der Waals surface area contributed by atoms with Crippen LogP contribution in [0.5, 0.6) is 0 Å². The summed E-state index contributed by atoms with van der Waals surface area (Å²) in [5, 5.41) is 19.2. The molecule has 0 spiro atoms. The van der Waals surface area contributed by atoms with Crippen molar-refractivity contribution < 1.29 is 23.8 Å². The van der Waals surface area contributed by atoms with Crippen LogP contribution >= 0.6 is 0 Å². The summed E-state index contributed by atoms with van der Waals surface area (Å²) in [5.41, 5.74) is -0.167. The topological polar surface area (TPSA) is 57.5 Å². The van der Waals surface area contributed by atoms with Crippen LogP contribution in [0.1, 0.15) is 85.0 Å². The van der Waals surface area contributed by atoms with Gasteiger partial charge in [0.25, 0.3) is 5.92 Å². The molecule has 166 valence electrons. The highest BCUT2D eigenvalue weighted by Gasteiger charge is 2.68. The summed E-state index contributed by atoms with van der Waals surface area (Å²) in [6.45, 7) is 6.60. The molecule has 5 heteroatoms. The van der Waals surface area contributed by atoms with E-state index in [0.717, 1.165) is 38.5 Å². The Morgan fingerprint density at radius 2 is 1.72 bits per heavy atom. The Balaban J connectivity index is 1.60. The fraction of sp³-hybridized carbons (Fsp3) is 0.958. The van der Waals surface area contributed by atoms with Crippen LogP contribution in [0.2, 0.25) is 0 Å². The van der Waals surface area contributed by atoms with Crippen LogP contribution in [0.15, 0.2) is 0 Å².